The van der Waals surface area contributed by atoms with E-state index in [1.807, 2.05) is 61.5 Å². The van der Waals surface area contributed by atoms with E-state index in [2.05, 4.69) is 21.2 Å². The highest BCUT2D eigenvalue weighted by Crippen LogP contribution is 2.28. The number of halogens is 1. The minimum absolute atomic E-state index is 0.0582. The Morgan fingerprint density at radius 3 is 2.18 bits per heavy atom. The van der Waals surface area contributed by atoms with Crippen LogP contribution in [-0.2, 0) is 32.6 Å². The predicted octanol–water partition coefficient (Wildman–Crippen LogP) is 6.65. The Hall–Kier alpha value is -3.95. The minimum atomic E-state index is -4.14. The van der Waals surface area contributed by atoms with Gasteiger partial charge in [0.25, 0.3) is 10.0 Å². The van der Waals surface area contributed by atoms with Crippen molar-refractivity contribution in [2.75, 3.05) is 10.8 Å². The van der Waals surface area contributed by atoms with Crippen LogP contribution in [0.2, 0.25) is 0 Å². The monoisotopic (exact) mass is 687 g/mol. The van der Waals surface area contributed by atoms with Crippen molar-refractivity contribution in [3.8, 4) is 0 Å². The van der Waals surface area contributed by atoms with Gasteiger partial charge in [-0.25, -0.2) is 8.42 Å². The van der Waals surface area contributed by atoms with Gasteiger partial charge in [-0.1, -0.05) is 108 Å². The van der Waals surface area contributed by atoms with Crippen molar-refractivity contribution in [3.05, 3.63) is 130 Å². The highest BCUT2D eigenvalue weighted by atomic mass is 79.9. The Bertz CT molecular complexity index is 1710. The predicted molar refractivity (Wildman–Crippen MR) is 181 cm³/mol. The molecule has 0 spiro atoms. The lowest BCUT2D eigenvalue weighted by atomic mass is 10.0. The molecule has 7 nitrogen and oxygen atoms in total. The van der Waals surface area contributed by atoms with Crippen molar-refractivity contribution in [2.45, 2.75) is 62.6 Å². The van der Waals surface area contributed by atoms with Crippen molar-refractivity contribution in [1.29, 1.82) is 0 Å². The van der Waals surface area contributed by atoms with E-state index in [1.165, 1.54) is 12.1 Å². The summed E-state index contributed by atoms with van der Waals surface area (Å²) in [6, 6.07) is 31.5. The lowest BCUT2D eigenvalue weighted by molar-refractivity contribution is -0.140. The molecule has 0 saturated heterocycles. The Kier molecular flexibility index (Phi) is 10.7. The largest absolute Gasteiger partial charge is 0.352 e. The number of hydrogen-bond acceptors (Lipinski definition) is 4. The number of rotatable bonds is 12. The minimum Gasteiger partial charge on any atom is -0.352 e. The Labute approximate surface area is 274 Å². The van der Waals surface area contributed by atoms with Gasteiger partial charge >= 0.3 is 0 Å². The molecule has 0 bridgehead atoms. The van der Waals surface area contributed by atoms with E-state index in [-0.39, 0.29) is 23.4 Å². The molecule has 1 saturated carbocycles. The van der Waals surface area contributed by atoms with Gasteiger partial charge in [0.2, 0.25) is 11.8 Å². The van der Waals surface area contributed by atoms with Crippen LogP contribution < -0.4 is 9.62 Å². The second-order valence-corrected chi connectivity index (χ2v) is 14.2. The maximum atomic E-state index is 14.6. The second kappa shape index (κ2) is 14.9. The Balaban J connectivity index is 1.57. The van der Waals surface area contributed by atoms with Crippen LogP contribution >= 0.6 is 15.9 Å². The van der Waals surface area contributed by atoms with Crippen molar-refractivity contribution in [1.82, 2.24) is 10.2 Å². The molecular weight excluding hydrogens is 650 g/mol. The molecule has 1 N–H and O–H groups in total. The number of benzene rings is 4. The lowest BCUT2D eigenvalue weighted by Crippen LogP contribution is -2.54. The molecule has 1 aliphatic rings. The van der Waals surface area contributed by atoms with Crippen LogP contribution in [0.4, 0.5) is 5.69 Å². The number of amides is 2. The Morgan fingerprint density at radius 2 is 1.51 bits per heavy atom. The van der Waals surface area contributed by atoms with E-state index in [1.54, 1.807) is 47.4 Å². The van der Waals surface area contributed by atoms with Crippen molar-refractivity contribution in [3.63, 3.8) is 0 Å². The molecule has 0 aliphatic heterocycles. The zero-order valence-electron chi connectivity index (χ0n) is 25.3. The number of carbonyl (C=O) groups excluding carboxylic acids is 2. The molecule has 9 heteroatoms. The van der Waals surface area contributed by atoms with E-state index in [9.17, 15) is 18.0 Å². The SMILES string of the molecule is Cc1ccccc1CN(C(=O)CN(c1cccc(Br)c1)S(=O)(=O)c1ccccc1)[C@@H](Cc1ccccc1)C(=O)NC1CCCC1. The first-order valence-corrected chi connectivity index (χ1v) is 17.5. The summed E-state index contributed by atoms with van der Waals surface area (Å²) in [5.41, 5.74) is 3.11. The van der Waals surface area contributed by atoms with Gasteiger partial charge in [-0.2, -0.15) is 0 Å². The summed E-state index contributed by atoms with van der Waals surface area (Å²) in [6.07, 6.45) is 4.21. The fourth-order valence-corrected chi connectivity index (χ4v) is 7.59. The van der Waals surface area contributed by atoms with Gasteiger partial charge in [0.05, 0.1) is 10.6 Å². The van der Waals surface area contributed by atoms with Crippen LogP contribution in [0.3, 0.4) is 0 Å². The Morgan fingerprint density at radius 1 is 0.867 bits per heavy atom. The fraction of sp³-hybridized carbons (Fsp3) is 0.278. The van der Waals surface area contributed by atoms with Crippen molar-refractivity contribution >= 4 is 43.5 Å². The summed E-state index contributed by atoms with van der Waals surface area (Å²) < 4.78 is 30.0. The summed E-state index contributed by atoms with van der Waals surface area (Å²) in [6.45, 7) is 1.64. The third-order valence-corrected chi connectivity index (χ3v) is 10.6. The second-order valence-electron chi connectivity index (χ2n) is 11.4. The fourth-order valence-electron chi connectivity index (χ4n) is 5.77. The summed E-state index contributed by atoms with van der Waals surface area (Å²) in [4.78, 5) is 30.3. The topological polar surface area (TPSA) is 86.8 Å². The van der Waals surface area contributed by atoms with Crippen LogP contribution in [0.15, 0.2) is 119 Å². The quantitative estimate of drug-likeness (QED) is 0.181. The number of aryl methyl sites for hydroxylation is 1. The number of nitrogens with one attached hydrogen (secondary N) is 1. The molecular formula is C36H38BrN3O4S. The third kappa shape index (κ3) is 8.21. The first-order valence-electron chi connectivity index (χ1n) is 15.2. The third-order valence-electron chi connectivity index (χ3n) is 8.28. The normalized spacial score (nSPS) is 14.1. The van der Waals surface area contributed by atoms with E-state index < -0.39 is 28.5 Å². The van der Waals surface area contributed by atoms with Gasteiger partial charge in [0.15, 0.2) is 0 Å². The molecule has 0 aromatic heterocycles. The van der Waals surface area contributed by atoms with Gasteiger partial charge in [-0.3, -0.25) is 13.9 Å². The first-order chi connectivity index (χ1) is 21.7. The molecule has 0 unspecified atom stereocenters. The maximum Gasteiger partial charge on any atom is 0.264 e. The zero-order chi connectivity index (χ0) is 31.8. The number of carbonyl (C=O) groups is 2. The number of nitrogens with zero attached hydrogens (tertiary/aromatic N) is 2. The van der Waals surface area contributed by atoms with Gasteiger partial charge < -0.3 is 10.2 Å². The van der Waals surface area contributed by atoms with E-state index >= 15 is 0 Å². The van der Waals surface area contributed by atoms with Crippen molar-refractivity contribution in [2.24, 2.45) is 0 Å². The van der Waals surface area contributed by atoms with E-state index in [0.29, 0.717) is 16.6 Å². The maximum absolute atomic E-state index is 14.6. The lowest BCUT2D eigenvalue weighted by Gasteiger charge is -2.34. The number of anilines is 1. The van der Waals surface area contributed by atoms with Gasteiger partial charge in [-0.05, 0) is 66.8 Å². The zero-order valence-corrected chi connectivity index (χ0v) is 27.7. The van der Waals surface area contributed by atoms with Gasteiger partial charge in [0.1, 0.15) is 12.6 Å². The molecule has 4 aromatic carbocycles. The molecule has 234 valence electrons. The first kappa shape index (κ1) is 32.4. The van der Waals surface area contributed by atoms with Crippen LogP contribution in [0.5, 0.6) is 0 Å². The van der Waals surface area contributed by atoms with Crippen LogP contribution in [0, 0.1) is 6.92 Å². The van der Waals surface area contributed by atoms with Crippen LogP contribution in [0.1, 0.15) is 42.4 Å². The summed E-state index contributed by atoms with van der Waals surface area (Å²) in [5, 5.41) is 3.21. The smallest absolute Gasteiger partial charge is 0.264 e. The molecule has 4 aromatic rings. The van der Waals surface area contributed by atoms with Crippen LogP contribution in [-0.4, -0.2) is 43.8 Å². The average Bonchev–Trinajstić information content (AvgIpc) is 3.56. The molecule has 2 amide bonds. The molecule has 0 radical (unpaired) electrons. The van der Waals surface area contributed by atoms with E-state index in [4.69, 9.17) is 0 Å². The average molecular weight is 689 g/mol. The van der Waals surface area contributed by atoms with Crippen LogP contribution in [0.25, 0.3) is 0 Å². The van der Waals surface area contributed by atoms with Gasteiger partial charge in [0, 0.05) is 23.5 Å². The summed E-state index contributed by atoms with van der Waals surface area (Å²) >= 11 is 3.45. The molecule has 45 heavy (non-hydrogen) atoms. The highest BCUT2D eigenvalue weighted by Gasteiger charge is 2.35. The number of sulfonamides is 1. The van der Waals surface area contributed by atoms with Crippen molar-refractivity contribution < 1.29 is 18.0 Å². The number of hydrogen-bond donors (Lipinski definition) is 1. The summed E-state index contributed by atoms with van der Waals surface area (Å²) in [5.74, 6) is -0.701. The molecule has 5 rings (SSSR count). The van der Waals surface area contributed by atoms with Gasteiger partial charge in [-0.15, -0.1) is 0 Å². The molecule has 0 heterocycles. The van der Waals surface area contributed by atoms with E-state index in [0.717, 1.165) is 46.7 Å². The summed E-state index contributed by atoms with van der Waals surface area (Å²) in [7, 11) is -4.14. The standard InChI is InChI=1S/C36H38BrN3O4S/c1-27-13-8-9-16-29(27)25-39(34(23-28-14-4-2-5-15-28)36(42)38-31-18-10-11-19-31)35(41)26-40(32-20-12-17-30(37)24-32)45(43,44)33-21-6-3-7-22-33/h2-9,12-17,20-22,24,31,34H,10-11,18-19,23,25-26H2,1H3,(H,38,42)/t34-/m0/s1. The molecule has 1 aliphatic carbocycles. The molecule has 1 atom stereocenters. The molecule has 1 fully saturated rings. The highest BCUT2D eigenvalue weighted by molar-refractivity contribution is 9.10.